The molecule has 0 aliphatic heterocycles. The van der Waals surface area contributed by atoms with E-state index in [0.29, 0.717) is 43.4 Å². The minimum Gasteiger partial charge on any atom is -0.494 e. The lowest BCUT2D eigenvalue weighted by molar-refractivity contribution is -0.111. The summed E-state index contributed by atoms with van der Waals surface area (Å²) in [5.41, 5.74) is 2.52. The van der Waals surface area contributed by atoms with Gasteiger partial charge in [0.1, 0.15) is 11.5 Å². The normalized spacial score (nSPS) is 10.8. The average Bonchev–Trinajstić information content (AvgIpc) is 3.11. The van der Waals surface area contributed by atoms with Gasteiger partial charge in [0.2, 0.25) is 5.91 Å². The molecule has 6 heteroatoms. The van der Waals surface area contributed by atoms with Gasteiger partial charge in [0.15, 0.2) is 0 Å². The van der Waals surface area contributed by atoms with Gasteiger partial charge in [0, 0.05) is 41.4 Å². The third-order valence-electron chi connectivity index (χ3n) is 4.52. The first-order chi connectivity index (χ1) is 14.7. The zero-order chi connectivity index (χ0) is 21.3. The fraction of sp³-hybridized carbons (Fsp3) is 0.250. The van der Waals surface area contributed by atoms with Crippen molar-refractivity contribution in [2.45, 2.75) is 26.8 Å². The third kappa shape index (κ3) is 5.00. The summed E-state index contributed by atoms with van der Waals surface area (Å²) < 4.78 is 13.2. The number of hydrogen-bond donors (Lipinski definition) is 1. The Morgan fingerprint density at radius 2 is 1.97 bits per heavy atom. The zero-order valence-electron chi connectivity index (χ0n) is 17.2. The number of ether oxygens (including phenoxy) is 2. The predicted octanol–water partition coefficient (Wildman–Crippen LogP) is 5.00. The topological polar surface area (TPSA) is 76.3 Å². The first-order valence-electron chi connectivity index (χ1n) is 9.99. The van der Waals surface area contributed by atoms with Gasteiger partial charge in [-0.3, -0.25) is 4.79 Å². The minimum atomic E-state index is -0.265. The molecule has 0 bridgehead atoms. The second kappa shape index (κ2) is 10.2. The van der Waals surface area contributed by atoms with Crippen molar-refractivity contribution in [3.63, 3.8) is 0 Å². The molecule has 3 aromatic rings. The Morgan fingerprint density at radius 1 is 1.17 bits per heavy atom. The number of nitriles is 1. The van der Waals surface area contributed by atoms with Gasteiger partial charge in [-0.25, -0.2) is 0 Å². The number of anilines is 1. The van der Waals surface area contributed by atoms with E-state index < -0.39 is 0 Å². The first kappa shape index (κ1) is 21.0. The molecule has 30 heavy (non-hydrogen) atoms. The number of aromatic nitrogens is 1. The molecule has 2 aromatic carbocycles. The maximum Gasteiger partial charge on any atom is 0.248 e. The highest BCUT2D eigenvalue weighted by Crippen LogP contribution is 2.29. The molecular formula is C24H25N3O3. The molecule has 1 aromatic heterocycles. The van der Waals surface area contributed by atoms with Crippen LogP contribution >= 0.6 is 0 Å². The Kier molecular flexibility index (Phi) is 7.12. The van der Waals surface area contributed by atoms with E-state index in [0.717, 1.165) is 16.5 Å². The fourth-order valence-corrected chi connectivity index (χ4v) is 3.25. The number of carbonyl (C=O) groups is 1. The van der Waals surface area contributed by atoms with Crippen LogP contribution in [0.2, 0.25) is 0 Å². The summed E-state index contributed by atoms with van der Waals surface area (Å²) in [6.45, 7) is 5.44. The average molecular weight is 403 g/mol. The van der Waals surface area contributed by atoms with Gasteiger partial charge in [-0.05, 0) is 38.1 Å². The van der Waals surface area contributed by atoms with Crippen LogP contribution in [0.25, 0.3) is 17.0 Å². The molecule has 3 rings (SSSR count). The maximum absolute atomic E-state index is 12.6. The zero-order valence-corrected chi connectivity index (χ0v) is 17.2. The van der Waals surface area contributed by atoms with Gasteiger partial charge >= 0.3 is 0 Å². The maximum atomic E-state index is 12.6. The highest BCUT2D eigenvalue weighted by molar-refractivity contribution is 6.04. The quantitative estimate of drug-likeness (QED) is 0.510. The van der Waals surface area contributed by atoms with Crippen molar-refractivity contribution < 1.29 is 14.3 Å². The number of fused-ring (bicyclic) bond motifs is 1. The van der Waals surface area contributed by atoms with Crippen LogP contribution in [0.3, 0.4) is 0 Å². The van der Waals surface area contributed by atoms with E-state index in [1.807, 2.05) is 54.9 Å². The number of nitrogens with one attached hydrogen (secondary N) is 1. The van der Waals surface area contributed by atoms with Crippen LogP contribution in [0.4, 0.5) is 5.69 Å². The summed E-state index contributed by atoms with van der Waals surface area (Å²) in [6, 6.07) is 15.5. The van der Waals surface area contributed by atoms with Crippen molar-refractivity contribution in [1.29, 1.82) is 5.26 Å². The van der Waals surface area contributed by atoms with Crippen molar-refractivity contribution in [3.05, 3.63) is 60.3 Å². The molecule has 6 nitrogen and oxygen atoms in total. The van der Waals surface area contributed by atoms with Gasteiger partial charge in [0.05, 0.1) is 31.4 Å². The predicted molar refractivity (Wildman–Crippen MR) is 119 cm³/mol. The summed E-state index contributed by atoms with van der Waals surface area (Å²) in [5.74, 6) is 0.995. The van der Waals surface area contributed by atoms with Crippen LogP contribution < -0.4 is 14.8 Å². The van der Waals surface area contributed by atoms with Gasteiger partial charge in [0.25, 0.3) is 0 Å². The largest absolute Gasteiger partial charge is 0.494 e. The van der Waals surface area contributed by atoms with E-state index in [2.05, 4.69) is 11.4 Å². The lowest BCUT2D eigenvalue weighted by atomic mass is 10.1. The number of nitrogens with zero attached hydrogens (tertiary/aromatic N) is 2. The van der Waals surface area contributed by atoms with Crippen LogP contribution in [0, 0.1) is 11.3 Å². The summed E-state index contributed by atoms with van der Waals surface area (Å²) in [6.07, 6.45) is 5.68. The van der Waals surface area contributed by atoms with Crippen molar-refractivity contribution >= 4 is 28.6 Å². The van der Waals surface area contributed by atoms with Gasteiger partial charge in [-0.1, -0.05) is 18.2 Å². The number of carbonyl (C=O) groups excluding carboxylic acids is 1. The molecule has 0 atom stereocenters. The number of amides is 1. The SMILES string of the molecule is CCOc1ccc(OCC)c(NC(=O)/C=C\c2cn(CCC#N)c3ccccc23)c1. The van der Waals surface area contributed by atoms with Crippen LogP contribution in [0.15, 0.2) is 54.7 Å². The number of benzene rings is 2. The molecule has 0 saturated heterocycles. The highest BCUT2D eigenvalue weighted by atomic mass is 16.5. The molecule has 0 spiro atoms. The second-order valence-electron chi connectivity index (χ2n) is 6.55. The molecule has 0 fully saturated rings. The molecule has 0 aliphatic carbocycles. The van der Waals surface area contributed by atoms with E-state index in [9.17, 15) is 4.79 Å². The van der Waals surface area contributed by atoms with Gasteiger partial charge < -0.3 is 19.4 Å². The van der Waals surface area contributed by atoms with Crippen molar-refractivity contribution in [1.82, 2.24) is 4.57 Å². The van der Waals surface area contributed by atoms with E-state index in [1.54, 1.807) is 18.2 Å². The van der Waals surface area contributed by atoms with E-state index in [1.165, 1.54) is 6.08 Å². The standard InChI is InChI=1S/C24H25N3O3/c1-3-29-19-11-12-23(30-4-2)21(16-19)26-24(28)13-10-18-17-27(15-7-14-25)22-9-6-5-8-20(18)22/h5-6,8-13,16-17H,3-4,7,15H2,1-2H3,(H,26,28)/b13-10-. The van der Waals surface area contributed by atoms with Crippen molar-refractivity contribution in [3.8, 4) is 17.6 Å². The molecule has 0 unspecified atom stereocenters. The monoisotopic (exact) mass is 403 g/mol. The van der Waals surface area contributed by atoms with Gasteiger partial charge in [-0.15, -0.1) is 0 Å². The Hall–Kier alpha value is -3.72. The molecule has 0 aliphatic rings. The van der Waals surface area contributed by atoms with E-state index in [-0.39, 0.29) is 5.91 Å². The number of para-hydroxylation sites is 1. The van der Waals surface area contributed by atoms with Crippen LogP contribution in [0.1, 0.15) is 25.8 Å². The molecule has 1 amide bonds. The first-order valence-corrected chi connectivity index (χ1v) is 9.99. The molecule has 0 saturated carbocycles. The molecule has 1 N–H and O–H groups in total. The molecule has 1 heterocycles. The van der Waals surface area contributed by atoms with Gasteiger partial charge in [-0.2, -0.15) is 5.26 Å². The van der Waals surface area contributed by atoms with Crippen molar-refractivity contribution in [2.24, 2.45) is 0 Å². The summed E-state index contributed by atoms with van der Waals surface area (Å²) in [5, 5.41) is 12.8. The van der Waals surface area contributed by atoms with Crippen molar-refractivity contribution in [2.75, 3.05) is 18.5 Å². The number of hydrogen-bond acceptors (Lipinski definition) is 4. The Morgan fingerprint density at radius 3 is 2.73 bits per heavy atom. The lowest BCUT2D eigenvalue weighted by Gasteiger charge is -2.12. The third-order valence-corrected chi connectivity index (χ3v) is 4.52. The van der Waals surface area contributed by atoms with Crippen LogP contribution in [-0.4, -0.2) is 23.7 Å². The molecule has 154 valence electrons. The van der Waals surface area contributed by atoms with E-state index in [4.69, 9.17) is 14.7 Å². The fourth-order valence-electron chi connectivity index (χ4n) is 3.25. The summed E-state index contributed by atoms with van der Waals surface area (Å²) >= 11 is 0. The summed E-state index contributed by atoms with van der Waals surface area (Å²) in [7, 11) is 0. The highest BCUT2D eigenvalue weighted by Gasteiger charge is 2.10. The smallest absolute Gasteiger partial charge is 0.248 e. The van der Waals surface area contributed by atoms with Crippen LogP contribution in [-0.2, 0) is 11.3 Å². The second-order valence-corrected chi connectivity index (χ2v) is 6.55. The molecule has 0 radical (unpaired) electrons. The number of rotatable bonds is 9. The molecular weight excluding hydrogens is 378 g/mol. The van der Waals surface area contributed by atoms with Crippen LogP contribution in [0.5, 0.6) is 11.5 Å². The Labute approximate surface area is 176 Å². The summed E-state index contributed by atoms with van der Waals surface area (Å²) in [4.78, 5) is 12.6. The minimum absolute atomic E-state index is 0.265. The Balaban J connectivity index is 1.81. The Bertz CT molecular complexity index is 1090. The number of aryl methyl sites for hydroxylation is 1. The van der Waals surface area contributed by atoms with E-state index >= 15 is 0 Å². The lowest BCUT2D eigenvalue weighted by Crippen LogP contribution is -2.10.